The van der Waals surface area contributed by atoms with Crippen LogP contribution in [0.25, 0.3) is 22.3 Å². The van der Waals surface area contributed by atoms with E-state index in [9.17, 15) is 50.8 Å². The van der Waals surface area contributed by atoms with Crippen LogP contribution in [0.15, 0.2) is 39.5 Å². The molecule has 0 spiro atoms. The van der Waals surface area contributed by atoms with Gasteiger partial charge < -0.3 is 69.3 Å². The van der Waals surface area contributed by atoms with Gasteiger partial charge in [-0.15, -0.1) is 0 Å². The smallest absolute Gasteiger partial charge is 0.239 e. The Labute approximate surface area is 223 Å². The Balaban J connectivity index is 1.59. The molecule has 0 unspecified atom stereocenters. The van der Waals surface area contributed by atoms with E-state index in [0.29, 0.717) is 0 Å². The third kappa shape index (κ3) is 4.78. The number of aromatic hydroxyl groups is 4. The summed E-state index contributed by atoms with van der Waals surface area (Å²) in [5.74, 6) is -3.13. The molecule has 15 nitrogen and oxygen atoms in total. The quantitative estimate of drug-likeness (QED) is 0.155. The Bertz CT molecular complexity index is 1470. The summed E-state index contributed by atoms with van der Waals surface area (Å²) in [5, 5.41) is 90.5. The number of rotatable bonds is 6. The molecule has 3 aromatic rings. The highest BCUT2D eigenvalue weighted by Crippen LogP contribution is 2.39. The van der Waals surface area contributed by atoms with Crippen LogP contribution in [-0.4, -0.2) is 108 Å². The van der Waals surface area contributed by atoms with Crippen LogP contribution in [0.2, 0.25) is 0 Å². The van der Waals surface area contributed by atoms with Crippen LogP contribution in [0, 0.1) is 0 Å². The Morgan fingerprint density at radius 3 is 2.38 bits per heavy atom. The Hall–Kier alpha value is -3.67. The van der Waals surface area contributed by atoms with Gasteiger partial charge in [-0.3, -0.25) is 4.79 Å². The molecule has 2 aliphatic heterocycles. The second-order valence-corrected chi connectivity index (χ2v) is 9.50. The van der Waals surface area contributed by atoms with Crippen molar-refractivity contribution in [2.45, 2.75) is 42.6 Å². The van der Waals surface area contributed by atoms with Gasteiger partial charge in [0.2, 0.25) is 17.5 Å². The van der Waals surface area contributed by atoms with Crippen molar-refractivity contribution in [1.29, 1.82) is 0 Å². The maximum atomic E-state index is 13.6. The average molecular weight is 566 g/mol. The third-order valence-corrected chi connectivity index (χ3v) is 6.69. The lowest BCUT2D eigenvalue weighted by atomic mass is 10.0. The van der Waals surface area contributed by atoms with E-state index in [1.165, 1.54) is 6.07 Å². The molecule has 1 aromatic heterocycles. The second kappa shape index (κ2) is 10.4. The number of ether oxygens (including phenoxy) is 4. The first-order valence-corrected chi connectivity index (χ1v) is 11.9. The van der Waals surface area contributed by atoms with Crippen LogP contribution in [0.3, 0.4) is 0 Å². The molecule has 5 rings (SSSR count). The van der Waals surface area contributed by atoms with Crippen LogP contribution < -0.4 is 10.2 Å². The summed E-state index contributed by atoms with van der Waals surface area (Å²) in [6.45, 7) is -1.89. The van der Waals surface area contributed by atoms with Crippen molar-refractivity contribution in [3.63, 3.8) is 0 Å². The number of hydrogen-bond donors (Lipinski definition) is 9. The van der Waals surface area contributed by atoms with Gasteiger partial charge in [0.25, 0.3) is 0 Å². The number of aliphatic hydroxyl groups is 5. The molecular weight excluding hydrogens is 540 g/mol. The fourth-order valence-electron chi connectivity index (χ4n) is 4.42. The highest BCUT2D eigenvalue weighted by Gasteiger charge is 2.52. The average Bonchev–Trinajstić information content (AvgIpc) is 3.19. The van der Waals surface area contributed by atoms with E-state index in [1.54, 1.807) is 0 Å². The summed E-state index contributed by atoms with van der Waals surface area (Å²) in [7, 11) is 0. The molecule has 2 aromatic carbocycles. The summed E-state index contributed by atoms with van der Waals surface area (Å²) in [6.07, 6.45) is -9.99. The largest absolute Gasteiger partial charge is 0.508 e. The lowest BCUT2D eigenvalue weighted by Gasteiger charge is -2.39. The number of hydrogen-bond acceptors (Lipinski definition) is 15. The first kappa shape index (κ1) is 27.9. The number of fused-ring (bicyclic) bond motifs is 1. The van der Waals surface area contributed by atoms with E-state index in [2.05, 4.69) is 0 Å². The van der Waals surface area contributed by atoms with E-state index in [1.807, 2.05) is 0 Å². The molecule has 7 atom stereocenters. The summed E-state index contributed by atoms with van der Waals surface area (Å²) in [6, 6.07) is 5.35. The SMILES string of the molecule is O=c1c(O[C@@H]2OC[C@@H](O)[C@@H](O)[C@@H]2O[C@H]2OC[C@@](O)(CO)[C@@H]2O)c(-c2ccc(O)c(O)c2)oc2cc(O)cc(O)c12. The van der Waals surface area contributed by atoms with Crippen molar-refractivity contribution in [2.24, 2.45) is 0 Å². The Kier molecular flexibility index (Phi) is 7.24. The molecule has 0 amide bonds. The molecule has 2 fully saturated rings. The van der Waals surface area contributed by atoms with Gasteiger partial charge in [0, 0.05) is 17.7 Å². The number of benzene rings is 2. The van der Waals surface area contributed by atoms with Crippen LogP contribution in [0.4, 0.5) is 0 Å². The molecule has 0 radical (unpaired) electrons. The lowest BCUT2D eigenvalue weighted by Crippen LogP contribution is -2.58. The molecule has 0 aliphatic carbocycles. The summed E-state index contributed by atoms with van der Waals surface area (Å²) < 4.78 is 27.8. The molecule has 216 valence electrons. The highest BCUT2D eigenvalue weighted by molar-refractivity contribution is 5.88. The molecule has 3 heterocycles. The molecule has 0 saturated carbocycles. The molecule has 2 saturated heterocycles. The van der Waals surface area contributed by atoms with Gasteiger partial charge in [-0.25, -0.2) is 0 Å². The predicted octanol–water partition coefficient (Wildman–Crippen LogP) is -1.43. The molecule has 40 heavy (non-hydrogen) atoms. The second-order valence-electron chi connectivity index (χ2n) is 9.50. The van der Waals surface area contributed by atoms with Crippen LogP contribution in [0.5, 0.6) is 28.7 Å². The molecule has 0 bridgehead atoms. The molecular formula is C25H26O15. The van der Waals surface area contributed by atoms with Gasteiger partial charge in [-0.1, -0.05) is 0 Å². The van der Waals surface area contributed by atoms with E-state index in [0.717, 1.165) is 24.3 Å². The van der Waals surface area contributed by atoms with Crippen molar-refractivity contribution in [3.05, 3.63) is 40.6 Å². The predicted molar refractivity (Wildman–Crippen MR) is 130 cm³/mol. The van der Waals surface area contributed by atoms with Gasteiger partial charge >= 0.3 is 0 Å². The standard InChI is InChI=1S/C25H26O15/c26-7-25(35)8-37-24(22(25)34)40-21-17(32)14(31)6-36-23(21)39-20-18(33)16-13(30)4-10(27)5-15(16)38-19(20)9-1-2-11(28)12(29)3-9/h1-5,14,17,21-24,26-32,34-35H,6-8H2/t14-,17-,21+,22-,23+,24-,25+/m1/s1. The Morgan fingerprint density at radius 1 is 0.950 bits per heavy atom. The summed E-state index contributed by atoms with van der Waals surface area (Å²) in [4.78, 5) is 13.6. The number of aliphatic hydroxyl groups excluding tert-OH is 4. The molecule has 9 N–H and O–H groups in total. The van der Waals surface area contributed by atoms with Gasteiger partial charge in [0.1, 0.15) is 46.4 Å². The lowest BCUT2D eigenvalue weighted by molar-refractivity contribution is -0.298. The highest BCUT2D eigenvalue weighted by atomic mass is 16.8. The van der Waals surface area contributed by atoms with Crippen molar-refractivity contribution in [2.75, 3.05) is 19.8 Å². The Morgan fingerprint density at radius 2 is 1.70 bits per heavy atom. The van der Waals surface area contributed by atoms with Crippen molar-refractivity contribution >= 4 is 11.0 Å². The van der Waals surface area contributed by atoms with Crippen molar-refractivity contribution < 1.29 is 69.3 Å². The van der Waals surface area contributed by atoms with Gasteiger partial charge in [-0.05, 0) is 18.2 Å². The minimum Gasteiger partial charge on any atom is -0.508 e. The molecule has 15 heteroatoms. The van der Waals surface area contributed by atoms with Gasteiger partial charge in [0.05, 0.1) is 19.8 Å². The third-order valence-electron chi connectivity index (χ3n) is 6.69. The van der Waals surface area contributed by atoms with E-state index in [4.69, 9.17) is 23.4 Å². The fraction of sp³-hybridized carbons (Fsp3) is 0.400. The zero-order valence-electron chi connectivity index (χ0n) is 20.4. The van der Waals surface area contributed by atoms with E-state index in [-0.39, 0.29) is 16.9 Å². The maximum absolute atomic E-state index is 13.6. The fourth-order valence-corrected chi connectivity index (χ4v) is 4.42. The first-order chi connectivity index (χ1) is 18.9. The van der Waals surface area contributed by atoms with Crippen LogP contribution in [0.1, 0.15) is 0 Å². The first-order valence-electron chi connectivity index (χ1n) is 11.9. The topological polar surface area (TPSA) is 249 Å². The minimum absolute atomic E-state index is 0.00329. The summed E-state index contributed by atoms with van der Waals surface area (Å²) in [5.41, 5.74) is -3.31. The van der Waals surface area contributed by atoms with Gasteiger partial charge in [-0.2, -0.15) is 0 Å². The van der Waals surface area contributed by atoms with Gasteiger partial charge in [0.15, 0.2) is 29.7 Å². The number of phenolic OH excluding ortho intramolecular Hbond substituents is 4. The zero-order chi connectivity index (χ0) is 28.9. The van der Waals surface area contributed by atoms with Crippen LogP contribution in [-0.2, 0) is 14.2 Å². The normalized spacial score (nSPS) is 30.5. The van der Waals surface area contributed by atoms with Crippen LogP contribution >= 0.6 is 0 Å². The zero-order valence-corrected chi connectivity index (χ0v) is 20.4. The maximum Gasteiger partial charge on any atom is 0.239 e. The van der Waals surface area contributed by atoms with Crippen molar-refractivity contribution in [1.82, 2.24) is 0 Å². The summed E-state index contributed by atoms with van der Waals surface area (Å²) >= 11 is 0. The monoisotopic (exact) mass is 566 g/mol. The minimum atomic E-state index is -2.07. The van der Waals surface area contributed by atoms with Crippen molar-refractivity contribution in [3.8, 4) is 40.1 Å². The molecule has 2 aliphatic rings. The van der Waals surface area contributed by atoms with E-state index >= 15 is 0 Å². The number of phenols is 4. The van der Waals surface area contributed by atoms with E-state index < -0.39 is 102 Å².